The molecule has 5 unspecified atom stereocenters. The van der Waals surface area contributed by atoms with E-state index in [1.54, 1.807) is 78.9 Å². The van der Waals surface area contributed by atoms with E-state index >= 15 is 4.39 Å². The molecule has 1 N–H and O–H groups in total. The Labute approximate surface area is 225 Å². The van der Waals surface area contributed by atoms with E-state index in [9.17, 15) is 19.5 Å². The molecule has 0 bridgehead atoms. The van der Waals surface area contributed by atoms with Gasteiger partial charge in [0.15, 0.2) is 18.4 Å². The highest BCUT2D eigenvalue weighted by atomic mass is 19.1. The number of ether oxygens (including phenoxy) is 4. The predicted molar refractivity (Wildman–Crippen MR) is 138 cm³/mol. The van der Waals surface area contributed by atoms with E-state index in [0.29, 0.717) is 0 Å². The fraction of sp³-hybridized carbons (Fsp3) is 0.300. The Morgan fingerprint density at radius 1 is 0.692 bits per heavy atom. The van der Waals surface area contributed by atoms with Gasteiger partial charge in [-0.15, -0.1) is 0 Å². The SMILES string of the molecule is O=C(OCC1OC(CCCO)C(OC(=O)c2ccccc2)C(OC(=O)c2ccccc2)C1F)c1ccccc1. The highest BCUT2D eigenvalue weighted by Crippen LogP contribution is 2.32. The van der Waals surface area contributed by atoms with Crippen molar-refractivity contribution in [2.45, 2.75) is 43.4 Å². The summed E-state index contributed by atoms with van der Waals surface area (Å²) in [4.78, 5) is 38.3. The minimum Gasteiger partial charge on any atom is -0.459 e. The van der Waals surface area contributed by atoms with Crippen LogP contribution >= 0.6 is 0 Å². The Bertz CT molecular complexity index is 1220. The van der Waals surface area contributed by atoms with E-state index in [-0.39, 0.29) is 36.1 Å². The van der Waals surface area contributed by atoms with Crippen molar-refractivity contribution in [1.29, 1.82) is 0 Å². The molecule has 0 aliphatic carbocycles. The Morgan fingerprint density at radius 2 is 1.15 bits per heavy atom. The Hall–Kier alpha value is -4.08. The highest BCUT2D eigenvalue weighted by molar-refractivity contribution is 5.90. The number of hydrogen-bond donors (Lipinski definition) is 1. The third-order valence-corrected chi connectivity index (χ3v) is 6.25. The van der Waals surface area contributed by atoms with Gasteiger partial charge >= 0.3 is 17.9 Å². The Morgan fingerprint density at radius 3 is 1.64 bits per heavy atom. The summed E-state index contributed by atoms with van der Waals surface area (Å²) in [6, 6.07) is 24.3. The van der Waals surface area contributed by atoms with Crippen LogP contribution in [0.3, 0.4) is 0 Å². The molecule has 1 aliphatic rings. The van der Waals surface area contributed by atoms with Gasteiger partial charge in [0, 0.05) is 6.61 Å². The topological polar surface area (TPSA) is 108 Å². The van der Waals surface area contributed by atoms with Gasteiger partial charge in [0.1, 0.15) is 12.7 Å². The first-order valence-electron chi connectivity index (χ1n) is 12.6. The maximum atomic E-state index is 16.0. The fourth-order valence-electron chi connectivity index (χ4n) is 4.26. The molecule has 1 aliphatic heterocycles. The number of carbonyl (C=O) groups is 3. The molecule has 3 aromatic carbocycles. The zero-order valence-electron chi connectivity index (χ0n) is 21.1. The van der Waals surface area contributed by atoms with Crippen LogP contribution in [-0.2, 0) is 18.9 Å². The number of aliphatic hydroxyl groups excluding tert-OH is 1. The summed E-state index contributed by atoms with van der Waals surface area (Å²) >= 11 is 0. The number of aliphatic hydroxyl groups is 1. The van der Waals surface area contributed by atoms with Gasteiger partial charge in [-0.2, -0.15) is 0 Å². The maximum absolute atomic E-state index is 16.0. The standard InChI is InChI=1S/C30H29FO8/c31-25-24(19-36-28(33)20-11-4-1-5-12-20)37-23(17-10-18-32)26(38-29(34)21-13-6-2-7-14-21)27(25)39-30(35)22-15-8-3-9-16-22/h1-9,11-16,23-27,32H,10,17-19H2. The molecule has 0 saturated carbocycles. The van der Waals surface area contributed by atoms with Gasteiger partial charge in [0.2, 0.25) is 0 Å². The lowest BCUT2D eigenvalue weighted by atomic mass is 9.93. The first-order valence-corrected chi connectivity index (χ1v) is 12.6. The minimum absolute atomic E-state index is 0.165. The number of benzene rings is 3. The average Bonchev–Trinajstić information content (AvgIpc) is 2.99. The molecule has 4 rings (SSSR count). The zero-order chi connectivity index (χ0) is 27.6. The predicted octanol–water partition coefficient (Wildman–Crippen LogP) is 4.17. The number of carbonyl (C=O) groups excluding carboxylic acids is 3. The van der Waals surface area contributed by atoms with E-state index in [4.69, 9.17) is 18.9 Å². The van der Waals surface area contributed by atoms with Crippen molar-refractivity contribution in [2.24, 2.45) is 0 Å². The second-order valence-corrected chi connectivity index (χ2v) is 8.96. The number of halogens is 1. The monoisotopic (exact) mass is 536 g/mol. The molecule has 204 valence electrons. The van der Waals surface area contributed by atoms with Crippen LogP contribution in [0.25, 0.3) is 0 Å². The van der Waals surface area contributed by atoms with Crippen LogP contribution in [0.1, 0.15) is 43.9 Å². The third-order valence-electron chi connectivity index (χ3n) is 6.25. The summed E-state index contributed by atoms with van der Waals surface area (Å²) in [6.07, 6.45) is -6.75. The second kappa shape index (κ2) is 13.6. The van der Waals surface area contributed by atoms with Crippen LogP contribution in [0, 0.1) is 0 Å². The van der Waals surface area contributed by atoms with E-state index in [1.165, 1.54) is 12.1 Å². The normalized spacial score (nSPS) is 22.5. The van der Waals surface area contributed by atoms with E-state index in [1.807, 2.05) is 0 Å². The number of alkyl halides is 1. The third kappa shape index (κ3) is 7.28. The number of esters is 3. The fourth-order valence-corrected chi connectivity index (χ4v) is 4.26. The van der Waals surface area contributed by atoms with Crippen LogP contribution in [0.4, 0.5) is 4.39 Å². The van der Waals surface area contributed by atoms with E-state index < -0.39 is 55.1 Å². The van der Waals surface area contributed by atoms with Crippen molar-refractivity contribution >= 4 is 17.9 Å². The molecule has 9 heteroatoms. The van der Waals surface area contributed by atoms with Crippen molar-refractivity contribution in [3.8, 4) is 0 Å². The molecule has 3 aromatic rings. The van der Waals surface area contributed by atoms with Crippen molar-refractivity contribution in [3.05, 3.63) is 108 Å². The van der Waals surface area contributed by atoms with Gasteiger partial charge < -0.3 is 24.1 Å². The summed E-state index contributed by atoms with van der Waals surface area (Å²) in [7, 11) is 0. The van der Waals surface area contributed by atoms with Crippen LogP contribution in [-0.4, -0.2) is 66.8 Å². The molecular formula is C30H29FO8. The van der Waals surface area contributed by atoms with E-state index in [0.717, 1.165) is 0 Å². The molecule has 1 saturated heterocycles. The van der Waals surface area contributed by atoms with Crippen LogP contribution < -0.4 is 0 Å². The summed E-state index contributed by atoms with van der Waals surface area (Å²) in [5.41, 5.74) is 0.687. The molecule has 1 heterocycles. The van der Waals surface area contributed by atoms with Gasteiger partial charge in [-0.25, -0.2) is 18.8 Å². The lowest BCUT2D eigenvalue weighted by Crippen LogP contribution is -2.60. The van der Waals surface area contributed by atoms with Gasteiger partial charge in [-0.1, -0.05) is 54.6 Å². The maximum Gasteiger partial charge on any atom is 0.338 e. The molecule has 0 spiro atoms. The number of rotatable bonds is 10. The number of hydrogen-bond acceptors (Lipinski definition) is 8. The molecule has 0 aromatic heterocycles. The van der Waals surface area contributed by atoms with Gasteiger partial charge in [0.05, 0.1) is 22.8 Å². The first-order chi connectivity index (χ1) is 19.0. The van der Waals surface area contributed by atoms with Crippen molar-refractivity contribution in [3.63, 3.8) is 0 Å². The van der Waals surface area contributed by atoms with E-state index in [2.05, 4.69) is 0 Å². The van der Waals surface area contributed by atoms with Gasteiger partial charge in [-0.05, 0) is 49.2 Å². The Balaban J connectivity index is 1.59. The van der Waals surface area contributed by atoms with Crippen LogP contribution in [0.15, 0.2) is 91.0 Å². The summed E-state index contributed by atoms with van der Waals surface area (Å²) < 4.78 is 38.5. The van der Waals surface area contributed by atoms with Crippen molar-refractivity contribution in [1.82, 2.24) is 0 Å². The first kappa shape index (κ1) is 27.9. The molecular weight excluding hydrogens is 507 g/mol. The van der Waals surface area contributed by atoms with Crippen LogP contribution in [0.2, 0.25) is 0 Å². The molecule has 0 radical (unpaired) electrons. The Kier molecular flexibility index (Phi) is 9.77. The van der Waals surface area contributed by atoms with Crippen LogP contribution in [0.5, 0.6) is 0 Å². The second-order valence-electron chi connectivity index (χ2n) is 8.96. The average molecular weight is 537 g/mol. The molecule has 0 amide bonds. The smallest absolute Gasteiger partial charge is 0.338 e. The van der Waals surface area contributed by atoms with Crippen molar-refractivity contribution < 1.29 is 42.8 Å². The zero-order valence-corrected chi connectivity index (χ0v) is 21.1. The van der Waals surface area contributed by atoms with Gasteiger partial charge in [0.25, 0.3) is 0 Å². The summed E-state index contributed by atoms with van der Waals surface area (Å²) in [6.45, 7) is -0.663. The molecule has 8 nitrogen and oxygen atoms in total. The van der Waals surface area contributed by atoms with Gasteiger partial charge in [-0.3, -0.25) is 0 Å². The summed E-state index contributed by atoms with van der Waals surface area (Å²) in [5, 5.41) is 9.43. The highest BCUT2D eigenvalue weighted by Gasteiger charge is 2.51. The molecule has 5 atom stereocenters. The summed E-state index contributed by atoms with van der Waals surface area (Å²) in [5.74, 6) is -2.24. The van der Waals surface area contributed by atoms with Crippen molar-refractivity contribution in [2.75, 3.05) is 13.2 Å². The largest absolute Gasteiger partial charge is 0.459 e. The molecule has 1 fully saturated rings. The molecule has 39 heavy (non-hydrogen) atoms. The lowest BCUT2D eigenvalue weighted by molar-refractivity contribution is -0.213. The minimum atomic E-state index is -2.00. The quantitative estimate of drug-likeness (QED) is 0.304. The lowest BCUT2D eigenvalue weighted by Gasteiger charge is -2.42.